The van der Waals surface area contributed by atoms with Crippen LogP contribution in [0.1, 0.15) is 30.9 Å². The smallest absolute Gasteiger partial charge is 0.228 e. The van der Waals surface area contributed by atoms with Crippen LogP contribution in [0.25, 0.3) is 0 Å². The van der Waals surface area contributed by atoms with Gasteiger partial charge in [0, 0.05) is 11.3 Å². The lowest BCUT2D eigenvalue weighted by atomic mass is 10.1. The normalized spacial score (nSPS) is 10.3. The molecule has 2 rings (SSSR count). The Labute approximate surface area is 125 Å². The number of aromatic hydroxyl groups is 1. The van der Waals surface area contributed by atoms with Gasteiger partial charge in [-0.25, -0.2) is 0 Å². The zero-order chi connectivity index (χ0) is 15.1. The maximum absolute atomic E-state index is 12.0. The summed E-state index contributed by atoms with van der Waals surface area (Å²) in [5, 5.41) is 12.5. The molecular weight excluding hydrogens is 262 g/mol. The number of nitrogens with one attached hydrogen (secondary N) is 1. The van der Waals surface area contributed by atoms with E-state index < -0.39 is 0 Å². The molecule has 0 aromatic heterocycles. The molecule has 2 aromatic carbocycles. The molecule has 0 aliphatic heterocycles. The number of carbonyl (C=O) groups is 1. The van der Waals surface area contributed by atoms with Crippen LogP contribution in [-0.2, 0) is 17.6 Å². The van der Waals surface area contributed by atoms with Crippen LogP contribution in [0.15, 0.2) is 48.5 Å². The van der Waals surface area contributed by atoms with Gasteiger partial charge in [0.2, 0.25) is 5.91 Å². The predicted octanol–water partition coefficient (Wildman–Crippen LogP) is 3.92. The molecule has 2 aromatic rings. The van der Waals surface area contributed by atoms with Crippen LogP contribution in [0.5, 0.6) is 5.75 Å². The molecule has 3 nitrogen and oxygen atoms in total. The molecule has 0 saturated carbocycles. The van der Waals surface area contributed by atoms with E-state index in [4.69, 9.17) is 0 Å². The maximum atomic E-state index is 12.0. The van der Waals surface area contributed by atoms with Crippen LogP contribution in [-0.4, -0.2) is 11.0 Å². The summed E-state index contributed by atoms with van der Waals surface area (Å²) < 4.78 is 0. The van der Waals surface area contributed by atoms with Gasteiger partial charge in [-0.3, -0.25) is 4.79 Å². The molecule has 0 bridgehead atoms. The van der Waals surface area contributed by atoms with Crippen LogP contribution < -0.4 is 5.32 Å². The highest BCUT2D eigenvalue weighted by atomic mass is 16.3. The van der Waals surface area contributed by atoms with E-state index in [2.05, 4.69) is 12.2 Å². The van der Waals surface area contributed by atoms with Gasteiger partial charge in [-0.05, 0) is 36.6 Å². The third kappa shape index (κ3) is 4.63. The molecule has 0 aliphatic carbocycles. The fourth-order valence-electron chi connectivity index (χ4n) is 2.17. The van der Waals surface area contributed by atoms with E-state index in [0.29, 0.717) is 5.56 Å². The fourth-order valence-corrected chi connectivity index (χ4v) is 2.17. The maximum Gasteiger partial charge on any atom is 0.228 e. The highest BCUT2D eigenvalue weighted by Crippen LogP contribution is 2.17. The van der Waals surface area contributed by atoms with E-state index in [-0.39, 0.29) is 18.1 Å². The molecule has 110 valence electrons. The van der Waals surface area contributed by atoms with Crippen LogP contribution in [0.4, 0.5) is 5.69 Å². The number of carbonyl (C=O) groups excluding carboxylic acids is 1. The Morgan fingerprint density at radius 1 is 1.10 bits per heavy atom. The highest BCUT2D eigenvalue weighted by molar-refractivity contribution is 5.92. The highest BCUT2D eigenvalue weighted by Gasteiger charge is 2.07. The van der Waals surface area contributed by atoms with Gasteiger partial charge >= 0.3 is 0 Å². The van der Waals surface area contributed by atoms with E-state index in [1.165, 1.54) is 18.4 Å². The molecule has 0 fully saturated rings. The van der Waals surface area contributed by atoms with Crippen molar-refractivity contribution in [3.05, 3.63) is 59.7 Å². The van der Waals surface area contributed by atoms with E-state index in [9.17, 15) is 9.90 Å². The monoisotopic (exact) mass is 283 g/mol. The number of unbranched alkanes of at least 4 members (excludes halogenated alkanes) is 1. The van der Waals surface area contributed by atoms with E-state index in [1.807, 2.05) is 30.3 Å². The molecule has 0 unspecified atom stereocenters. The number of phenols is 1. The number of hydrogen-bond acceptors (Lipinski definition) is 2. The minimum atomic E-state index is -0.127. The molecule has 0 aliphatic rings. The minimum absolute atomic E-state index is 0.127. The van der Waals surface area contributed by atoms with Gasteiger partial charge in [0.05, 0.1) is 6.42 Å². The van der Waals surface area contributed by atoms with Crippen LogP contribution in [0.2, 0.25) is 0 Å². The molecule has 0 atom stereocenters. The van der Waals surface area contributed by atoms with Gasteiger partial charge in [-0.15, -0.1) is 0 Å². The Bertz CT molecular complexity index is 590. The number of para-hydroxylation sites is 1. The van der Waals surface area contributed by atoms with Gasteiger partial charge in [0.15, 0.2) is 0 Å². The summed E-state index contributed by atoms with van der Waals surface area (Å²) in [5.74, 6) is 0.0281. The third-order valence-corrected chi connectivity index (χ3v) is 3.40. The molecule has 0 radical (unpaired) electrons. The Balaban J connectivity index is 1.92. The van der Waals surface area contributed by atoms with Crippen molar-refractivity contribution in [3.8, 4) is 5.75 Å². The Morgan fingerprint density at radius 2 is 1.81 bits per heavy atom. The molecule has 0 saturated heterocycles. The lowest BCUT2D eigenvalue weighted by Crippen LogP contribution is -2.14. The van der Waals surface area contributed by atoms with Crippen molar-refractivity contribution in [2.45, 2.75) is 32.6 Å². The summed E-state index contributed by atoms with van der Waals surface area (Å²) in [6.07, 6.45) is 3.60. The van der Waals surface area contributed by atoms with Crippen molar-refractivity contribution in [2.75, 3.05) is 5.32 Å². The number of hydrogen-bond donors (Lipinski definition) is 2. The second-order valence-corrected chi connectivity index (χ2v) is 5.15. The quantitative estimate of drug-likeness (QED) is 0.844. The van der Waals surface area contributed by atoms with Gasteiger partial charge in [0.25, 0.3) is 0 Å². The number of aryl methyl sites for hydroxylation is 1. The zero-order valence-electron chi connectivity index (χ0n) is 12.3. The first-order valence-corrected chi connectivity index (χ1v) is 7.34. The number of phenolic OH excluding ortho intramolecular Hbond substituents is 1. The molecule has 0 spiro atoms. The largest absolute Gasteiger partial charge is 0.508 e. The Hall–Kier alpha value is -2.29. The molecule has 2 N–H and O–H groups in total. The van der Waals surface area contributed by atoms with Crippen molar-refractivity contribution in [1.82, 2.24) is 0 Å². The predicted molar refractivity (Wildman–Crippen MR) is 85.5 cm³/mol. The van der Waals surface area contributed by atoms with Crippen molar-refractivity contribution < 1.29 is 9.90 Å². The molecule has 21 heavy (non-hydrogen) atoms. The summed E-state index contributed by atoms with van der Waals surface area (Å²) in [5.41, 5.74) is 2.71. The Kier molecular flexibility index (Phi) is 5.38. The Morgan fingerprint density at radius 3 is 2.48 bits per heavy atom. The summed E-state index contributed by atoms with van der Waals surface area (Å²) in [6, 6.07) is 14.8. The standard InChI is InChI=1S/C18H21NO2/c1-2-3-6-14-9-11-16(12-10-14)19-18(21)13-15-7-4-5-8-17(15)20/h4-5,7-12,20H,2-3,6,13H2,1H3,(H,19,21). The number of benzene rings is 2. The average molecular weight is 283 g/mol. The van der Waals surface area contributed by atoms with Crippen LogP contribution in [0, 0.1) is 0 Å². The van der Waals surface area contributed by atoms with Crippen molar-refractivity contribution >= 4 is 11.6 Å². The topological polar surface area (TPSA) is 49.3 Å². The molecule has 3 heteroatoms. The summed E-state index contributed by atoms with van der Waals surface area (Å²) >= 11 is 0. The minimum Gasteiger partial charge on any atom is -0.508 e. The lowest BCUT2D eigenvalue weighted by molar-refractivity contribution is -0.115. The van der Waals surface area contributed by atoms with E-state index >= 15 is 0 Å². The average Bonchev–Trinajstić information content (AvgIpc) is 2.49. The number of anilines is 1. The second-order valence-electron chi connectivity index (χ2n) is 5.15. The van der Waals surface area contributed by atoms with Crippen LogP contribution in [0.3, 0.4) is 0 Å². The number of amides is 1. The summed E-state index contributed by atoms with van der Waals surface area (Å²) in [4.78, 5) is 12.0. The van der Waals surface area contributed by atoms with Gasteiger partial charge < -0.3 is 10.4 Å². The van der Waals surface area contributed by atoms with Crippen molar-refractivity contribution in [1.29, 1.82) is 0 Å². The third-order valence-electron chi connectivity index (χ3n) is 3.40. The van der Waals surface area contributed by atoms with Gasteiger partial charge in [-0.1, -0.05) is 43.7 Å². The molecule has 0 heterocycles. The fraction of sp³-hybridized carbons (Fsp3) is 0.278. The number of rotatable bonds is 6. The van der Waals surface area contributed by atoms with Gasteiger partial charge in [0.1, 0.15) is 5.75 Å². The SMILES string of the molecule is CCCCc1ccc(NC(=O)Cc2ccccc2O)cc1. The lowest BCUT2D eigenvalue weighted by Gasteiger charge is -2.07. The first-order chi connectivity index (χ1) is 10.2. The first-order valence-electron chi connectivity index (χ1n) is 7.34. The van der Waals surface area contributed by atoms with E-state index in [1.54, 1.807) is 18.2 Å². The summed E-state index contributed by atoms with van der Waals surface area (Å²) in [6.45, 7) is 2.17. The van der Waals surface area contributed by atoms with Crippen LogP contribution >= 0.6 is 0 Å². The second kappa shape index (κ2) is 7.48. The molecular formula is C18H21NO2. The summed E-state index contributed by atoms with van der Waals surface area (Å²) in [7, 11) is 0. The zero-order valence-corrected chi connectivity index (χ0v) is 12.3. The van der Waals surface area contributed by atoms with Gasteiger partial charge in [-0.2, -0.15) is 0 Å². The van der Waals surface area contributed by atoms with Crippen molar-refractivity contribution in [2.24, 2.45) is 0 Å². The van der Waals surface area contributed by atoms with Crippen molar-refractivity contribution in [3.63, 3.8) is 0 Å². The molecule has 1 amide bonds. The van der Waals surface area contributed by atoms with E-state index in [0.717, 1.165) is 12.1 Å². The first kappa shape index (κ1) is 15.1.